The molecule has 0 aliphatic heterocycles. The second kappa shape index (κ2) is 37.7. The van der Waals surface area contributed by atoms with Crippen LogP contribution in [0, 0.1) is 0 Å². The van der Waals surface area contributed by atoms with Crippen molar-refractivity contribution in [1.82, 2.24) is 118 Å². The molecule has 0 spiro atoms. The van der Waals surface area contributed by atoms with E-state index in [2.05, 4.69) is 80.7 Å². The van der Waals surface area contributed by atoms with Crippen molar-refractivity contribution in [1.29, 1.82) is 0 Å². The van der Waals surface area contributed by atoms with Gasteiger partial charge in [0.2, 0.25) is 0 Å². The Kier molecular flexibility index (Phi) is 33.1. The Hall–Kier alpha value is -8.78. The minimum absolute atomic E-state index is 0. The van der Waals surface area contributed by atoms with Gasteiger partial charge in [-0.2, -0.15) is 40.8 Å². The standard InChI is InChI=1S/4C10H8N6.4BF4.4Cu/c4*1-3-13-15(5-1)9-7-10(12-8-11-9)16-6-2-4-14-16;4*2-1(3,4)5;;;;/h4*1-8H;;;;;;;;/q;;;;4*-1;4*+1. The van der Waals surface area contributed by atoms with Gasteiger partial charge in [0.15, 0.2) is 46.5 Å². The summed E-state index contributed by atoms with van der Waals surface area (Å²) in [5.41, 5.74) is 0. The molecule has 12 rings (SSSR count). The zero-order chi connectivity index (χ0) is 61.2. The number of aromatic nitrogens is 24. The van der Waals surface area contributed by atoms with Crippen LogP contribution in [0.25, 0.3) is 46.5 Å². The van der Waals surface area contributed by atoms with Crippen LogP contribution in [0.4, 0.5) is 69.1 Å². The molecule has 0 atom stereocenters. The first kappa shape index (κ1) is 77.2. The molecule has 0 N–H and O–H groups in total. The number of rotatable bonds is 8. The molecule has 0 aromatic carbocycles. The maximum atomic E-state index is 9.75. The van der Waals surface area contributed by atoms with Crippen molar-refractivity contribution in [2.24, 2.45) is 0 Å². The van der Waals surface area contributed by atoms with Gasteiger partial charge in [0.05, 0.1) is 0 Å². The van der Waals surface area contributed by atoms with Gasteiger partial charge in [-0.15, -0.1) is 0 Å². The fourth-order valence-electron chi connectivity index (χ4n) is 5.59. The molecule has 0 radical (unpaired) electrons. The van der Waals surface area contributed by atoms with Crippen LogP contribution in [-0.2, 0) is 68.3 Å². The maximum absolute atomic E-state index is 9.75. The average Bonchev–Trinajstić information content (AvgIpc) is 4.42. The van der Waals surface area contributed by atoms with E-state index in [-0.39, 0.29) is 68.3 Å². The number of halogens is 16. The Morgan fingerprint density at radius 1 is 0.205 bits per heavy atom. The van der Waals surface area contributed by atoms with Gasteiger partial charge in [-0.05, 0) is 48.5 Å². The zero-order valence-electron chi connectivity index (χ0n) is 42.8. The SMILES string of the molecule is F[B-](F)(F)F.F[B-](F)(F)F.F[B-](F)(F)F.F[B-](F)(F)F.[Cu+].[Cu+].[Cu+].[Cu+].c1cnn(-c2cc(-n3cccn3)ncn2)c1.c1cnn(-c2cc(-n3cccn3)ncn2)c1.c1cnn(-c2cc(-n3cccn3)ncn2)c1.c1cnn(-c2cc(-n3cccn3)ncn2)c1. The molecule has 0 saturated heterocycles. The van der Waals surface area contributed by atoms with Gasteiger partial charge in [0.25, 0.3) is 0 Å². The van der Waals surface area contributed by atoms with Crippen molar-refractivity contribution in [2.75, 3.05) is 0 Å². The van der Waals surface area contributed by atoms with Crippen molar-refractivity contribution < 1.29 is 137 Å². The van der Waals surface area contributed by atoms with E-state index in [0.717, 1.165) is 0 Å². The van der Waals surface area contributed by atoms with E-state index < -0.39 is 29.0 Å². The topological polar surface area (TPSA) is 246 Å². The van der Waals surface area contributed by atoms with Gasteiger partial charge in [-0.25, -0.2) is 77.3 Å². The summed E-state index contributed by atoms with van der Waals surface area (Å²) < 4.78 is 169. The Balaban J connectivity index is 0.000000525. The van der Waals surface area contributed by atoms with Gasteiger partial charge < -0.3 is 69.1 Å². The average molecular weight is 1450 g/mol. The van der Waals surface area contributed by atoms with Crippen molar-refractivity contribution >= 4 is 29.0 Å². The second-order valence-corrected chi connectivity index (χ2v) is 14.5. The second-order valence-electron chi connectivity index (χ2n) is 14.5. The van der Waals surface area contributed by atoms with E-state index >= 15 is 0 Å². The fraction of sp³-hybridized carbons (Fsp3) is 0. The minimum atomic E-state index is -6.00. The summed E-state index contributed by atoms with van der Waals surface area (Å²) in [7, 11) is -24.0. The van der Waals surface area contributed by atoms with Crippen molar-refractivity contribution in [2.45, 2.75) is 0 Å². The molecular formula is C40H32B4Cu4F16N24. The van der Waals surface area contributed by atoms with Crippen LogP contribution < -0.4 is 0 Å². The normalized spacial score (nSPS) is 10.4. The fourth-order valence-corrected chi connectivity index (χ4v) is 5.59. The predicted octanol–water partition coefficient (Wildman–Crippen LogP) is 8.58. The van der Waals surface area contributed by atoms with Gasteiger partial charge in [-0.3, -0.25) is 0 Å². The molecule has 88 heavy (non-hydrogen) atoms. The summed E-state index contributed by atoms with van der Waals surface area (Å²) in [6, 6.07) is 22.0. The molecule has 12 heterocycles. The molecule has 12 aromatic heterocycles. The largest absolute Gasteiger partial charge is 1.00 e. The molecule has 0 saturated carbocycles. The summed E-state index contributed by atoms with van der Waals surface area (Å²) in [5.74, 6) is 5.71. The minimum Gasteiger partial charge on any atom is -0.418 e. The Morgan fingerprint density at radius 3 is 0.386 bits per heavy atom. The first-order chi connectivity index (χ1) is 39.7. The van der Waals surface area contributed by atoms with Crippen LogP contribution >= 0.6 is 0 Å². The maximum Gasteiger partial charge on any atom is 1.00 e. The molecule has 0 aliphatic rings. The summed E-state index contributed by atoms with van der Waals surface area (Å²) in [6.07, 6.45) is 34.2. The first-order valence-corrected chi connectivity index (χ1v) is 22.5. The molecule has 48 heteroatoms. The molecule has 0 unspecified atom stereocenters. The molecule has 0 aliphatic carbocycles. The van der Waals surface area contributed by atoms with Crippen molar-refractivity contribution in [3.63, 3.8) is 0 Å². The van der Waals surface area contributed by atoms with Crippen LogP contribution in [0.3, 0.4) is 0 Å². The van der Waals surface area contributed by atoms with Gasteiger partial charge in [-0.1, -0.05) is 0 Å². The Labute approximate surface area is 525 Å². The van der Waals surface area contributed by atoms with Gasteiger partial charge in [0.1, 0.15) is 25.3 Å². The molecule has 12 aromatic rings. The summed E-state index contributed by atoms with van der Waals surface area (Å²) in [5, 5.41) is 32.8. The third-order valence-corrected chi connectivity index (χ3v) is 8.47. The third-order valence-electron chi connectivity index (χ3n) is 8.47. The number of hydrogen-bond acceptors (Lipinski definition) is 16. The number of hydrogen-bond donors (Lipinski definition) is 0. The molecule has 0 bridgehead atoms. The van der Waals surface area contributed by atoms with Crippen molar-refractivity contribution in [3.8, 4) is 46.5 Å². The number of nitrogens with zero attached hydrogens (tertiary/aromatic N) is 24. The molecule has 480 valence electrons. The van der Waals surface area contributed by atoms with Crippen molar-refractivity contribution in [3.05, 3.63) is 197 Å². The van der Waals surface area contributed by atoms with Gasteiger partial charge >= 0.3 is 97.3 Å². The predicted molar refractivity (Wildman–Crippen MR) is 266 cm³/mol. The first-order valence-electron chi connectivity index (χ1n) is 22.5. The Bertz CT molecular complexity index is 2950. The van der Waals surface area contributed by atoms with Crippen LogP contribution in [0.5, 0.6) is 0 Å². The molecule has 0 fully saturated rings. The smallest absolute Gasteiger partial charge is 0.418 e. The molecular weight excluding hydrogens is 1420 g/mol. The quantitative estimate of drug-likeness (QED) is 0.102. The van der Waals surface area contributed by atoms with Gasteiger partial charge in [0, 0.05) is 123 Å². The van der Waals surface area contributed by atoms with Crippen LogP contribution in [0.15, 0.2) is 197 Å². The summed E-state index contributed by atoms with van der Waals surface area (Å²) in [4.78, 5) is 33.1. The monoisotopic (exact) mass is 1450 g/mol. The van der Waals surface area contributed by atoms with E-state index in [0.29, 0.717) is 46.5 Å². The Morgan fingerprint density at radius 2 is 0.307 bits per heavy atom. The van der Waals surface area contributed by atoms with E-state index in [9.17, 15) is 69.1 Å². The van der Waals surface area contributed by atoms with Crippen LogP contribution in [0.1, 0.15) is 0 Å². The summed E-state index contributed by atoms with van der Waals surface area (Å²) in [6.45, 7) is 0. The van der Waals surface area contributed by atoms with Crippen LogP contribution in [-0.4, -0.2) is 147 Å². The van der Waals surface area contributed by atoms with E-state index in [1.165, 1.54) is 25.3 Å². The molecule has 0 amide bonds. The molecule has 24 nitrogen and oxygen atoms in total. The zero-order valence-corrected chi connectivity index (χ0v) is 46.5. The summed E-state index contributed by atoms with van der Waals surface area (Å²) >= 11 is 0. The van der Waals surface area contributed by atoms with E-state index in [1.807, 2.05) is 122 Å². The van der Waals surface area contributed by atoms with Crippen LogP contribution in [0.2, 0.25) is 0 Å². The third kappa shape index (κ3) is 31.6. The van der Waals surface area contributed by atoms with E-state index in [1.54, 1.807) is 87.0 Å². The van der Waals surface area contributed by atoms with E-state index in [4.69, 9.17) is 0 Å².